The van der Waals surface area contributed by atoms with Crippen LogP contribution in [0, 0.1) is 0 Å². The lowest BCUT2D eigenvalue weighted by atomic mass is 10.2. The number of aromatic nitrogens is 3. The van der Waals surface area contributed by atoms with E-state index < -0.39 is 0 Å². The Morgan fingerprint density at radius 2 is 1.93 bits per heavy atom. The standard InChI is InChI=1S/C11H12N4/c1-2-12-11-14-7-9(8-15-11)10-5-3-4-6-13-10/h3-8H,2H2,1H3,(H,12,14,15). The summed E-state index contributed by atoms with van der Waals surface area (Å²) in [7, 11) is 0. The summed E-state index contributed by atoms with van der Waals surface area (Å²) in [5.74, 6) is 0.650. The average Bonchev–Trinajstić information content (AvgIpc) is 2.32. The molecular weight excluding hydrogens is 188 g/mol. The zero-order chi connectivity index (χ0) is 10.5. The summed E-state index contributed by atoms with van der Waals surface area (Å²) in [5.41, 5.74) is 1.82. The fraction of sp³-hybridized carbons (Fsp3) is 0.182. The maximum absolute atomic E-state index is 4.22. The van der Waals surface area contributed by atoms with Gasteiger partial charge in [-0.3, -0.25) is 4.98 Å². The van der Waals surface area contributed by atoms with Crippen molar-refractivity contribution in [3.8, 4) is 11.3 Å². The Bertz CT molecular complexity index is 410. The van der Waals surface area contributed by atoms with Gasteiger partial charge in [0.15, 0.2) is 0 Å². The van der Waals surface area contributed by atoms with E-state index in [2.05, 4.69) is 20.3 Å². The summed E-state index contributed by atoms with van der Waals surface area (Å²) in [6.07, 6.45) is 5.30. The van der Waals surface area contributed by atoms with Crippen molar-refractivity contribution >= 4 is 5.95 Å². The van der Waals surface area contributed by atoms with E-state index in [4.69, 9.17) is 0 Å². The molecule has 2 rings (SSSR count). The number of nitrogens with zero attached hydrogens (tertiary/aromatic N) is 3. The van der Waals surface area contributed by atoms with E-state index in [0.717, 1.165) is 17.8 Å². The molecule has 0 bridgehead atoms. The second-order valence-corrected chi connectivity index (χ2v) is 3.04. The van der Waals surface area contributed by atoms with Crippen molar-refractivity contribution in [2.24, 2.45) is 0 Å². The molecule has 0 unspecified atom stereocenters. The van der Waals surface area contributed by atoms with Crippen molar-refractivity contribution in [2.75, 3.05) is 11.9 Å². The lowest BCUT2D eigenvalue weighted by Gasteiger charge is -2.02. The molecule has 0 aromatic carbocycles. The number of anilines is 1. The SMILES string of the molecule is CCNc1ncc(-c2ccccn2)cn1. The van der Waals surface area contributed by atoms with Gasteiger partial charge >= 0.3 is 0 Å². The molecule has 0 spiro atoms. The van der Waals surface area contributed by atoms with Gasteiger partial charge in [0.05, 0.1) is 5.69 Å². The van der Waals surface area contributed by atoms with Gasteiger partial charge in [0.1, 0.15) is 0 Å². The zero-order valence-corrected chi connectivity index (χ0v) is 8.51. The summed E-state index contributed by atoms with van der Waals surface area (Å²) in [4.78, 5) is 12.6. The van der Waals surface area contributed by atoms with Crippen molar-refractivity contribution in [3.05, 3.63) is 36.8 Å². The van der Waals surface area contributed by atoms with E-state index in [-0.39, 0.29) is 0 Å². The third kappa shape index (κ3) is 2.28. The Kier molecular flexibility index (Phi) is 2.88. The molecule has 0 saturated heterocycles. The Hall–Kier alpha value is -1.97. The molecule has 0 aliphatic rings. The van der Waals surface area contributed by atoms with Crippen molar-refractivity contribution in [2.45, 2.75) is 6.92 Å². The first-order valence-electron chi connectivity index (χ1n) is 4.87. The molecular formula is C11H12N4. The number of hydrogen-bond acceptors (Lipinski definition) is 4. The largest absolute Gasteiger partial charge is 0.355 e. The Morgan fingerprint density at radius 1 is 1.13 bits per heavy atom. The number of rotatable bonds is 3. The third-order valence-corrected chi connectivity index (χ3v) is 1.95. The van der Waals surface area contributed by atoms with Gasteiger partial charge in [0, 0.05) is 30.7 Å². The highest BCUT2D eigenvalue weighted by molar-refractivity contribution is 5.56. The quantitative estimate of drug-likeness (QED) is 0.823. The molecule has 2 aromatic rings. The van der Waals surface area contributed by atoms with Crippen LogP contribution in [0.15, 0.2) is 36.8 Å². The highest BCUT2D eigenvalue weighted by Gasteiger charge is 1.99. The molecule has 0 aliphatic carbocycles. The maximum atomic E-state index is 4.22. The van der Waals surface area contributed by atoms with Gasteiger partial charge in [-0.1, -0.05) is 6.07 Å². The molecule has 0 fully saturated rings. The lowest BCUT2D eigenvalue weighted by molar-refractivity contribution is 1.08. The van der Waals surface area contributed by atoms with Gasteiger partial charge in [-0.05, 0) is 19.1 Å². The summed E-state index contributed by atoms with van der Waals surface area (Å²) in [6, 6.07) is 5.77. The van der Waals surface area contributed by atoms with E-state index >= 15 is 0 Å². The number of hydrogen-bond donors (Lipinski definition) is 1. The molecule has 76 valence electrons. The second kappa shape index (κ2) is 4.50. The van der Waals surface area contributed by atoms with E-state index in [1.165, 1.54) is 0 Å². The summed E-state index contributed by atoms with van der Waals surface area (Å²) in [5, 5.41) is 3.04. The molecule has 0 aliphatic heterocycles. The minimum absolute atomic E-state index is 0.650. The van der Waals surface area contributed by atoms with Crippen LogP contribution in [-0.2, 0) is 0 Å². The monoisotopic (exact) mass is 200 g/mol. The minimum atomic E-state index is 0.650. The van der Waals surface area contributed by atoms with Gasteiger partial charge in [-0.2, -0.15) is 0 Å². The van der Waals surface area contributed by atoms with Gasteiger partial charge in [0.25, 0.3) is 0 Å². The van der Waals surface area contributed by atoms with Crippen LogP contribution in [0.25, 0.3) is 11.3 Å². The number of pyridine rings is 1. The van der Waals surface area contributed by atoms with Crippen LogP contribution < -0.4 is 5.32 Å². The van der Waals surface area contributed by atoms with E-state index in [1.54, 1.807) is 18.6 Å². The molecule has 4 nitrogen and oxygen atoms in total. The van der Waals surface area contributed by atoms with E-state index in [1.807, 2.05) is 25.1 Å². The average molecular weight is 200 g/mol. The second-order valence-electron chi connectivity index (χ2n) is 3.04. The van der Waals surface area contributed by atoms with Gasteiger partial charge in [0.2, 0.25) is 5.95 Å². The van der Waals surface area contributed by atoms with Crippen molar-refractivity contribution in [3.63, 3.8) is 0 Å². The fourth-order valence-electron chi connectivity index (χ4n) is 1.24. The van der Waals surface area contributed by atoms with E-state index in [9.17, 15) is 0 Å². The predicted molar refractivity (Wildman–Crippen MR) is 59.4 cm³/mol. The minimum Gasteiger partial charge on any atom is -0.355 e. The van der Waals surface area contributed by atoms with Crippen molar-refractivity contribution in [1.29, 1.82) is 0 Å². The maximum Gasteiger partial charge on any atom is 0.222 e. The topological polar surface area (TPSA) is 50.7 Å². The summed E-state index contributed by atoms with van der Waals surface area (Å²) < 4.78 is 0. The Morgan fingerprint density at radius 3 is 2.53 bits per heavy atom. The first-order chi connectivity index (χ1) is 7.40. The van der Waals surface area contributed by atoms with Crippen LogP contribution in [0.4, 0.5) is 5.95 Å². The van der Waals surface area contributed by atoms with E-state index in [0.29, 0.717) is 5.95 Å². The molecule has 4 heteroatoms. The predicted octanol–water partition coefficient (Wildman–Crippen LogP) is 1.97. The molecule has 1 N–H and O–H groups in total. The molecule has 0 radical (unpaired) electrons. The van der Waals surface area contributed by atoms with Crippen LogP contribution >= 0.6 is 0 Å². The zero-order valence-electron chi connectivity index (χ0n) is 8.51. The van der Waals surface area contributed by atoms with Gasteiger partial charge in [-0.25, -0.2) is 9.97 Å². The lowest BCUT2D eigenvalue weighted by Crippen LogP contribution is -2.01. The molecule has 0 atom stereocenters. The third-order valence-electron chi connectivity index (χ3n) is 1.95. The molecule has 15 heavy (non-hydrogen) atoms. The number of nitrogens with one attached hydrogen (secondary N) is 1. The summed E-state index contributed by atoms with van der Waals surface area (Å²) in [6.45, 7) is 2.83. The van der Waals surface area contributed by atoms with Gasteiger partial charge < -0.3 is 5.32 Å². The Labute approximate surface area is 88.4 Å². The Balaban J connectivity index is 2.24. The molecule has 0 amide bonds. The first kappa shape index (κ1) is 9.58. The molecule has 2 heterocycles. The van der Waals surface area contributed by atoms with Crippen LogP contribution in [0.3, 0.4) is 0 Å². The van der Waals surface area contributed by atoms with Crippen LogP contribution in [-0.4, -0.2) is 21.5 Å². The highest BCUT2D eigenvalue weighted by atomic mass is 15.1. The normalized spacial score (nSPS) is 9.93. The molecule has 2 aromatic heterocycles. The van der Waals surface area contributed by atoms with Crippen molar-refractivity contribution in [1.82, 2.24) is 15.0 Å². The van der Waals surface area contributed by atoms with Crippen LogP contribution in [0.2, 0.25) is 0 Å². The first-order valence-corrected chi connectivity index (χ1v) is 4.87. The van der Waals surface area contributed by atoms with Crippen molar-refractivity contribution < 1.29 is 0 Å². The fourth-order valence-corrected chi connectivity index (χ4v) is 1.24. The van der Waals surface area contributed by atoms with Crippen LogP contribution in [0.5, 0.6) is 0 Å². The molecule has 0 saturated carbocycles. The summed E-state index contributed by atoms with van der Waals surface area (Å²) >= 11 is 0. The van der Waals surface area contributed by atoms with Crippen LogP contribution in [0.1, 0.15) is 6.92 Å². The van der Waals surface area contributed by atoms with Gasteiger partial charge in [-0.15, -0.1) is 0 Å². The highest BCUT2D eigenvalue weighted by Crippen LogP contribution is 2.14. The smallest absolute Gasteiger partial charge is 0.222 e.